The summed E-state index contributed by atoms with van der Waals surface area (Å²) < 4.78 is 5.30. The number of urea groups is 1. The lowest BCUT2D eigenvalue weighted by Crippen LogP contribution is -2.47. The van der Waals surface area contributed by atoms with Crippen molar-refractivity contribution in [1.29, 1.82) is 0 Å². The highest BCUT2D eigenvalue weighted by atomic mass is 16.5. The van der Waals surface area contributed by atoms with Crippen molar-refractivity contribution in [2.24, 2.45) is 0 Å². The smallest absolute Gasteiger partial charge is 0.324 e. The molecular weight excluding hydrogens is 380 g/mol. The number of amides is 3. The van der Waals surface area contributed by atoms with E-state index in [0.717, 1.165) is 27.8 Å². The number of aromatic nitrogens is 1. The molecule has 0 aliphatic carbocycles. The van der Waals surface area contributed by atoms with Gasteiger partial charge in [0, 0.05) is 42.7 Å². The first-order valence-electron chi connectivity index (χ1n) is 10.1. The van der Waals surface area contributed by atoms with Crippen molar-refractivity contribution in [3.8, 4) is 5.75 Å². The lowest BCUT2D eigenvalue weighted by molar-refractivity contribution is -0.129. The second-order valence-electron chi connectivity index (χ2n) is 7.47. The van der Waals surface area contributed by atoms with Crippen molar-refractivity contribution < 1.29 is 14.3 Å². The zero-order valence-corrected chi connectivity index (χ0v) is 17.1. The molecule has 1 fully saturated rings. The van der Waals surface area contributed by atoms with Crippen LogP contribution in [0.1, 0.15) is 24.0 Å². The van der Waals surface area contributed by atoms with E-state index in [1.54, 1.807) is 14.0 Å². The summed E-state index contributed by atoms with van der Waals surface area (Å²) in [5.74, 6) is 0.611. The highest BCUT2D eigenvalue weighted by Gasteiger charge is 2.30. The first kappa shape index (κ1) is 20.0. The Labute approximate surface area is 175 Å². The third kappa shape index (κ3) is 3.89. The Kier molecular flexibility index (Phi) is 5.72. The fourth-order valence-corrected chi connectivity index (χ4v) is 3.92. The van der Waals surface area contributed by atoms with Crippen molar-refractivity contribution in [1.82, 2.24) is 20.5 Å². The van der Waals surface area contributed by atoms with E-state index in [-0.39, 0.29) is 17.9 Å². The molecule has 0 spiro atoms. The van der Waals surface area contributed by atoms with E-state index in [4.69, 9.17) is 4.74 Å². The molecule has 1 saturated heterocycles. The SMILES string of the molecule is COc1ccc([C@H](CN[C@H](C)C(=O)N2CCNC2=O)c2c[nH]c3ccccc23)cc1. The summed E-state index contributed by atoms with van der Waals surface area (Å²) in [6.45, 7) is 3.26. The van der Waals surface area contributed by atoms with Crippen LogP contribution in [-0.4, -0.2) is 54.6 Å². The van der Waals surface area contributed by atoms with E-state index >= 15 is 0 Å². The summed E-state index contributed by atoms with van der Waals surface area (Å²) in [6, 6.07) is 15.4. The molecule has 3 N–H and O–H groups in total. The molecule has 0 radical (unpaired) electrons. The predicted octanol–water partition coefficient (Wildman–Crippen LogP) is 2.84. The van der Waals surface area contributed by atoms with Crippen LogP contribution in [0, 0.1) is 0 Å². The Morgan fingerprint density at radius 1 is 1.20 bits per heavy atom. The third-order valence-corrected chi connectivity index (χ3v) is 5.64. The van der Waals surface area contributed by atoms with Crippen LogP contribution in [0.25, 0.3) is 10.9 Å². The molecular formula is C23H26N4O3. The van der Waals surface area contributed by atoms with Crippen molar-refractivity contribution in [3.05, 3.63) is 65.9 Å². The summed E-state index contributed by atoms with van der Waals surface area (Å²) in [4.78, 5) is 29.1. The second kappa shape index (κ2) is 8.59. The highest BCUT2D eigenvalue weighted by molar-refractivity contribution is 5.98. The molecule has 2 aromatic carbocycles. The summed E-state index contributed by atoms with van der Waals surface area (Å²) in [5.41, 5.74) is 3.34. The predicted molar refractivity (Wildman–Crippen MR) is 116 cm³/mol. The van der Waals surface area contributed by atoms with Gasteiger partial charge in [-0.05, 0) is 36.2 Å². The molecule has 156 valence electrons. The molecule has 7 heteroatoms. The number of para-hydroxylation sites is 1. The molecule has 7 nitrogen and oxygen atoms in total. The molecule has 2 atom stereocenters. The molecule has 3 aromatic rings. The van der Waals surface area contributed by atoms with Crippen LogP contribution < -0.4 is 15.4 Å². The number of nitrogens with zero attached hydrogens (tertiary/aromatic N) is 1. The van der Waals surface area contributed by atoms with Crippen LogP contribution in [0.15, 0.2) is 54.7 Å². The zero-order chi connectivity index (χ0) is 21.1. The van der Waals surface area contributed by atoms with Crippen molar-refractivity contribution in [2.75, 3.05) is 26.7 Å². The average molecular weight is 406 g/mol. The van der Waals surface area contributed by atoms with Gasteiger partial charge in [0.25, 0.3) is 0 Å². The fourth-order valence-electron chi connectivity index (χ4n) is 3.92. The van der Waals surface area contributed by atoms with Gasteiger partial charge in [-0.15, -0.1) is 0 Å². The number of hydrogen-bond donors (Lipinski definition) is 3. The number of benzene rings is 2. The van der Waals surface area contributed by atoms with Gasteiger partial charge >= 0.3 is 6.03 Å². The van der Waals surface area contributed by atoms with E-state index in [0.29, 0.717) is 19.6 Å². The van der Waals surface area contributed by atoms with E-state index < -0.39 is 6.04 Å². The number of aromatic amines is 1. The molecule has 0 bridgehead atoms. The quantitative estimate of drug-likeness (QED) is 0.563. The highest BCUT2D eigenvalue weighted by Crippen LogP contribution is 2.31. The van der Waals surface area contributed by atoms with E-state index in [1.807, 2.05) is 42.6 Å². The molecule has 2 heterocycles. The largest absolute Gasteiger partial charge is 0.497 e. The maximum absolute atomic E-state index is 12.7. The number of hydrogen-bond acceptors (Lipinski definition) is 4. The van der Waals surface area contributed by atoms with E-state index in [1.165, 1.54) is 4.90 Å². The van der Waals surface area contributed by atoms with Crippen LogP contribution in [0.2, 0.25) is 0 Å². The van der Waals surface area contributed by atoms with Crippen LogP contribution in [-0.2, 0) is 4.79 Å². The van der Waals surface area contributed by atoms with Crippen LogP contribution in [0.4, 0.5) is 4.79 Å². The molecule has 1 aromatic heterocycles. The standard InChI is InChI=1S/C23H26N4O3/c1-15(22(28)27-12-11-24-23(27)29)25-13-19(16-7-9-17(30-2)10-8-16)20-14-26-21-6-4-3-5-18(20)21/h3-10,14-15,19,25-26H,11-13H2,1-2H3,(H,24,29)/t15-,19+/m1/s1. The van der Waals surface area contributed by atoms with Crippen LogP contribution >= 0.6 is 0 Å². The van der Waals surface area contributed by atoms with Gasteiger partial charge in [0.2, 0.25) is 5.91 Å². The number of ether oxygens (including phenoxy) is 1. The number of rotatable bonds is 7. The second-order valence-corrected chi connectivity index (χ2v) is 7.47. The van der Waals surface area contributed by atoms with Gasteiger partial charge < -0.3 is 20.4 Å². The van der Waals surface area contributed by atoms with Crippen molar-refractivity contribution >= 4 is 22.8 Å². The molecule has 1 aliphatic rings. The van der Waals surface area contributed by atoms with Crippen molar-refractivity contribution in [3.63, 3.8) is 0 Å². The number of carbonyl (C=O) groups excluding carboxylic acids is 2. The van der Waals surface area contributed by atoms with Crippen LogP contribution in [0.3, 0.4) is 0 Å². The minimum absolute atomic E-state index is 0.0229. The number of carbonyl (C=O) groups is 2. The number of methoxy groups -OCH3 is 1. The van der Waals surface area contributed by atoms with Crippen molar-refractivity contribution in [2.45, 2.75) is 18.9 Å². The third-order valence-electron chi connectivity index (χ3n) is 5.64. The number of fused-ring (bicyclic) bond motifs is 1. The van der Waals surface area contributed by atoms with Gasteiger partial charge in [0.1, 0.15) is 5.75 Å². The van der Waals surface area contributed by atoms with E-state index in [2.05, 4.69) is 27.8 Å². The molecule has 4 rings (SSSR count). The zero-order valence-electron chi connectivity index (χ0n) is 17.1. The van der Waals surface area contributed by atoms with Gasteiger partial charge in [0.15, 0.2) is 0 Å². The topological polar surface area (TPSA) is 86.5 Å². The Bertz CT molecular complexity index is 1040. The molecule has 1 aliphatic heterocycles. The summed E-state index contributed by atoms with van der Waals surface area (Å²) in [6.07, 6.45) is 2.03. The first-order chi connectivity index (χ1) is 14.6. The Morgan fingerprint density at radius 2 is 1.97 bits per heavy atom. The Morgan fingerprint density at radius 3 is 2.67 bits per heavy atom. The van der Waals surface area contributed by atoms with Gasteiger partial charge in [0.05, 0.1) is 13.2 Å². The number of imide groups is 1. The molecule has 30 heavy (non-hydrogen) atoms. The fraction of sp³-hybridized carbons (Fsp3) is 0.304. The first-order valence-corrected chi connectivity index (χ1v) is 10.1. The number of H-pyrrole nitrogens is 1. The Hall–Kier alpha value is -3.32. The normalized spacial score (nSPS) is 15.8. The van der Waals surface area contributed by atoms with E-state index in [9.17, 15) is 9.59 Å². The number of nitrogens with one attached hydrogen (secondary N) is 3. The lowest BCUT2D eigenvalue weighted by atomic mass is 9.90. The van der Waals surface area contributed by atoms with Gasteiger partial charge in [-0.3, -0.25) is 9.69 Å². The van der Waals surface area contributed by atoms with Gasteiger partial charge in [-0.25, -0.2) is 4.79 Å². The summed E-state index contributed by atoms with van der Waals surface area (Å²) >= 11 is 0. The minimum atomic E-state index is -0.472. The average Bonchev–Trinajstić information content (AvgIpc) is 3.40. The molecule has 0 unspecified atom stereocenters. The maximum Gasteiger partial charge on any atom is 0.324 e. The Balaban J connectivity index is 1.58. The summed E-state index contributed by atoms with van der Waals surface area (Å²) in [5, 5.41) is 7.17. The monoisotopic (exact) mass is 406 g/mol. The van der Waals surface area contributed by atoms with Gasteiger partial charge in [-0.1, -0.05) is 30.3 Å². The summed E-state index contributed by atoms with van der Waals surface area (Å²) in [7, 11) is 1.65. The minimum Gasteiger partial charge on any atom is -0.497 e. The molecule has 3 amide bonds. The maximum atomic E-state index is 12.7. The van der Waals surface area contributed by atoms with Crippen LogP contribution in [0.5, 0.6) is 5.75 Å². The van der Waals surface area contributed by atoms with Gasteiger partial charge in [-0.2, -0.15) is 0 Å². The molecule has 0 saturated carbocycles. The lowest BCUT2D eigenvalue weighted by Gasteiger charge is -2.23.